The Balaban J connectivity index is 1.73. The maximum absolute atomic E-state index is 11.6. The summed E-state index contributed by atoms with van der Waals surface area (Å²) in [5.74, 6) is 0.156. The van der Waals surface area contributed by atoms with Gasteiger partial charge in [0.05, 0.1) is 12.1 Å². The van der Waals surface area contributed by atoms with Gasteiger partial charge in [0.1, 0.15) is 0 Å². The molecule has 0 aliphatic carbocycles. The number of aromatic nitrogens is 3. The van der Waals surface area contributed by atoms with E-state index in [0.717, 1.165) is 24.3 Å². The molecule has 1 aliphatic rings. The van der Waals surface area contributed by atoms with Crippen molar-refractivity contribution in [3.8, 4) is 5.82 Å². The fourth-order valence-corrected chi connectivity index (χ4v) is 3.44. The fraction of sp³-hybridized carbons (Fsp3) is 0.526. The second-order valence-corrected chi connectivity index (χ2v) is 8.01. The van der Waals surface area contributed by atoms with Gasteiger partial charge in [0.15, 0.2) is 5.82 Å². The van der Waals surface area contributed by atoms with Gasteiger partial charge in [0.25, 0.3) is 0 Å². The summed E-state index contributed by atoms with van der Waals surface area (Å²) in [6, 6.07) is 5.72. The molecule has 25 heavy (non-hydrogen) atoms. The van der Waals surface area contributed by atoms with Crippen LogP contribution in [0.3, 0.4) is 0 Å². The number of rotatable bonds is 4. The lowest BCUT2D eigenvalue weighted by molar-refractivity contribution is -0.145. The Morgan fingerprint density at radius 1 is 1.32 bits per heavy atom. The van der Waals surface area contributed by atoms with Crippen LogP contribution in [0.5, 0.6) is 0 Å². The average Bonchev–Trinajstić information content (AvgIpc) is 3.03. The molecule has 0 bridgehead atoms. The molecule has 1 saturated heterocycles. The summed E-state index contributed by atoms with van der Waals surface area (Å²) >= 11 is 0. The van der Waals surface area contributed by atoms with Gasteiger partial charge in [0.2, 0.25) is 0 Å². The van der Waals surface area contributed by atoms with Crippen molar-refractivity contribution in [2.45, 2.75) is 33.7 Å². The van der Waals surface area contributed by atoms with Crippen LogP contribution in [0, 0.1) is 17.3 Å². The normalized spacial score (nSPS) is 22.0. The van der Waals surface area contributed by atoms with Crippen molar-refractivity contribution in [2.24, 2.45) is 17.3 Å². The van der Waals surface area contributed by atoms with Crippen LogP contribution in [0.1, 0.15) is 32.8 Å². The van der Waals surface area contributed by atoms with E-state index in [1.807, 2.05) is 30.6 Å². The summed E-state index contributed by atoms with van der Waals surface area (Å²) in [6.07, 6.45) is 6.30. The lowest BCUT2D eigenvalue weighted by atomic mass is 9.73. The second kappa shape index (κ2) is 6.96. The largest absolute Gasteiger partial charge is 0.481 e. The van der Waals surface area contributed by atoms with Gasteiger partial charge in [-0.2, -0.15) is 5.10 Å². The lowest BCUT2D eigenvalue weighted by Gasteiger charge is -2.42. The smallest absolute Gasteiger partial charge is 0.307 e. The minimum Gasteiger partial charge on any atom is -0.481 e. The first-order valence-corrected chi connectivity index (χ1v) is 8.73. The highest BCUT2D eigenvalue weighted by molar-refractivity contribution is 5.70. The number of carboxylic acid groups (broad SMARTS) is 1. The molecule has 1 N–H and O–H groups in total. The van der Waals surface area contributed by atoms with Crippen LogP contribution in [0.2, 0.25) is 0 Å². The van der Waals surface area contributed by atoms with Crippen molar-refractivity contribution in [3.63, 3.8) is 0 Å². The quantitative estimate of drug-likeness (QED) is 0.925. The minimum absolute atomic E-state index is 0.102. The summed E-state index contributed by atoms with van der Waals surface area (Å²) in [5, 5.41) is 13.9. The molecule has 0 aromatic carbocycles. The van der Waals surface area contributed by atoms with Crippen molar-refractivity contribution >= 4 is 5.97 Å². The molecular formula is C19H26N4O2. The standard InChI is InChI=1S/C19H26N4O2/c1-19(2,3)16-8-15(18(24)25)12-22(13-16)10-14-9-21-23(11-14)17-6-4-5-7-20-17/h4-7,9,11,15-16H,8,10,12-13H2,1-3H3,(H,24,25). The third-order valence-corrected chi connectivity index (χ3v) is 5.03. The molecule has 2 aromatic rings. The zero-order valence-electron chi connectivity index (χ0n) is 15.1. The Morgan fingerprint density at radius 2 is 2.12 bits per heavy atom. The van der Waals surface area contributed by atoms with Crippen LogP contribution in [0.4, 0.5) is 0 Å². The van der Waals surface area contributed by atoms with E-state index in [0.29, 0.717) is 19.0 Å². The van der Waals surface area contributed by atoms with Crippen LogP contribution >= 0.6 is 0 Å². The first-order valence-electron chi connectivity index (χ1n) is 8.73. The van der Waals surface area contributed by atoms with Crippen molar-refractivity contribution in [1.29, 1.82) is 0 Å². The Hall–Kier alpha value is -2.21. The van der Waals surface area contributed by atoms with E-state index in [2.05, 4.69) is 35.8 Å². The van der Waals surface area contributed by atoms with Crippen LogP contribution in [-0.2, 0) is 11.3 Å². The topological polar surface area (TPSA) is 71.2 Å². The summed E-state index contributed by atoms with van der Waals surface area (Å²) in [6.45, 7) is 8.81. The second-order valence-electron chi connectivity index (χ2n) is 8.01. The average molecular weight is 342 g/mol. The van der Waals surface area contributed by atoms with Gasteiger partial charge in [-0.3, -0.25) is 9.69 Å². The molecule has 2 atom stereocenters. The third-order valence-electron chi connectivity index (χ3n) is 5.03. The predicted molar refractivity (Wildman–Crippen MR) is 95.3 cm³/mol. The number of pyridine rings is 1. The molecule has 1 aliphatic heterocycles. The SMILES string of the molecule is CC(C)(C)C1CC(C(=O)O)CN(Cc2cnn(-c3ccccn3)c2)C1. The number of likely N-dealkylation sites (tertiary alicyclic amines) is 1. The number of hydrogen-bond donors (Lipinski definition) is 1. The number of piperidine rings is 1. The first kappa shape index (κ1) is 17.6. The molecule has 2 aromatic heterocycles. The molecule has 134 valence electrons. The molecule has 6 heteroatoms. The minimum atomic E-state index is -0.692. The van der Waals surface area contributed by atoms with Crippen LogP contribution < -0.4 is 0 Å². The molecule has 2 unspecified atom stereocenters. The van der Waals surface area contributed by atoms with Crippen LogP contribution in [0.15, 0.2) is 36.8 Å². The van der Waals surface area contributed by atoms with E-state index in [4.69, 9.17) is 0 Å². The van der Waals surface area contributed by atoms with E-state index in [-0.39, 0.29) is 11.3 Å². The van der Waals surface area contributed by atoms with Gasteiger partial charge in [0, 0.05) is 37.6 Å². The predicted octanol–water partition coefficient (Wildman–Crippen LogP) is 2.84. The summed E-state index contributed by atoms with van der Waals surface area (Å²) < 4.78 is 1.76. The highest BCUT2D eigenvalue weighted by Crippen LogP contribution is 2.36. The van der Waals surface area contributed by atoms with Crippen LogP contribution in [-0.4, -0.2) is 43.8 Å². The Morgan fingerprint density at radius 3 is 2.76 bits per heavy atom. The zero-order chi connectivity index (χ0) is 18.0. The zero-order valence-corrected chi connectivity index (χ0v) is 15.1. The maximum Gasteiger partial charge on any atom is 0.307 e. The number of hydrogen-bond acceptors (Lipinski definition) is 4. The highest BCUT2D eigenvalue weighted by Gasteiger charge is 2.37. The number of nitrogens with zero attached hydrogens (tertiary/aromatic N) is 4. The molecule has 3 heterocycles. The lowest BCUT2D eigenvalue weighted by Crippen LogP contribution is -2.46. The van der Waals surface area contributed by atoms with E-state index in [1.54, 1.807) is 10.9 Å². The molecule has 0 amide bonds. The highest BCUT2D eigenvalue weighted by atomic mass is 16.4. The van der Waals surface area contributed by atoms with Crippen molar-refractivity contribution < 1.29 is 9.90 Å². The monoisotopic (exact) mass is 342 g/mol. The number of aliphatic carboxylic acids is 1. The van der Waals surface area contributed by atoms with E-state index in [1.165, 1.54) is 0 Å². The molecule has 6 nitrogen and oxygen atoms in total. The van der Waals surface area contributed by atoms with Crippen molar-refractivity contribution in [2.75, 3.05) is 13.1 Å². The Kier molecular flexibility index (Phi) is 4.90. The van der Waals surface area contributed by atoms with Gasteiger partial charge in [-0.15, -0.1) is 0 Å². The van der Waals surface area contributed by atoms with Gasteiger partial charge in [-0.25, -0.2) is 9.67 Å². The fourth-order valence-electron chi connectivity index (χ4n) is 3.44. The molecule has 0 spiro atoms. The van der Waals surface area contributed by atoms with Gasteiger partial charge >= 0.3 is 5.97 Å². The molecule has 1 fully saturated rings. The maximum atomic E-state index is 11.6. The molecular weight excluding hydrogens is 316 g/mol. The van der Waals surface area contributed by atoms with Gasteiger partial charge < -0.3 is 5.11 Å². The number of carbonyl (C=O) groups is 1. The van der Waals surface area contributed by atoms with Gasteiger partial charge in [-0.1, -0.05) is 26.8 Å². The van der Waals surface area contributed by atoms with Crippen molar-refractivity contribution in [1.82, 2.24) is 19.7 Å². The molecule has 0 radical (unpaired) electrons. The van der Waals surface area contributed by atoms with E-state index >= 15 is 0 Å². The van der Waals surface area contributed by atoms with Gasteiger partial charge in [-0.05, 0) is 29.9 Å². The summed E-state index contributed by atoms with van der Waals surface area (Å²) in [4.78, 5) is 18.1. The molecule has 3 rings (SSSR count). The summed E-state index contributed by atoms with van der Waals surface area (Å²) in [5.41, 5.74) is 1.18. The molecule has 0 saturated carbocycles. The van der Waals surface area contributed by atoms with E-state index < -0.39 is 5.97 Å². The summed E-state index contributed by atoms with van der Waals surface area (Å²) in [7, 11) is 0. The van der Waals surface area contributed by atoms with Crippen LogP contribution in [0.25, 0.3) is 5.82 Å². The Bertz CT molecular complexity index is 721. The van der Waals surface area contributed by atoms with E-state index in [9.17, 15) is 9.90 Å². The Labute approximate surface area is 148 Å². The third kappa shape index (κ3) is 4.25. The first-order chi connectivity index (χ1) is 11.8. The van der Waals surface area contributed by atoms with Crippen molar-refractivity contribution in [3.05, 3.63) is 42.4 Å². The number of carboxylic acids is 1.